The molecule has 5 rings (SSSR count). The molecular weight excluding hydrogens is 569 g/mol. The first-order chi connectivity index (χ1) is 18.8. The fourth-order valence-corrected chi connectivity index (χ4v) is 8.65. The Morgan fingerprint density at radius 1 is 1.07 bits per heavy atom. The lowest BCUT2D eigenvalue weighted by Crippen LogP contribution is -2.52. The Kier molecular flexibility index (Phi) is 7.45. The van der Waals surface area contributed by atoms with Gasteiger partial charge in [0.25, 0.3) is 5.91 Å². The molecule has 1 heterocycles. The SMILES string of the molecule is C[C@H]1CC2CC(S(=O)(=O)c3cc(C(=O)Nc4ccc(F)c(F)c4)ccc3Cl)CC1[C@@]2(O)[C@H](O)c1cc(F)ccn1. The van der Waals surface area contributed by atoms with Crippen LogP contribution in [-0.2, 0) is 9.84 Å². The lowest BCUT2D eigenvalue weighted by Gasteiger charge is -2.45. The van der Waals surface area contributed by atoms with Crippen LogP contribution >= 0.6 is 11.6 Å². The van der Waals surface area contributed by atoms with E-state index < -0.39 is 62.0 Å². The summed E-state index contributed by atoms with van der Waals surface area (Å²) >= 11 is 6.29. The van der Waals surface area contributed by atoms with Gasteiger partial charge >= 0.3 is 0 Å². The average molecular weight is 595 g/mol. The smallest absolute Gasteiger partial charge is 0.255 e. The second-order valence-corrected chi connectivity index (χ2v) is 13.2. The van der Waals surface area contributed by atoms with Gasteiger partial charge in [0.15, 0.2) is 21.5 Å². The van der Waals surface area contributed by atoms with E-state index in [-0.39, 0.29) is 45.6 Å². The summed E-state index contributed by atoms with van der Waals surface area (Å²) < 4.78 is 68.2. The number of aliphatic hydroxyl groups excluding tert-OH is 1. The van der Waals surface area contributed by atoms with Crippen molar-refractivity contribution >= 4 is 33.0 Å². The molecule has 3 aromatic rings. The monoisotopic (exact) mass is 594 g/mol. The number of nitrogens with zero attached hydrogens (tertiary/aromatic N) is 1. The molecule has 3 N–H and O–H groups in total. The standard InChI is InChI=1S/C28H26ClF3N2O5S/c1-14-8-16-10-19(13-20(14)28(16,37)26(35)24-11-17(30)6-7-33-24)40(38,39)25-9-15(2-4-21(25)29)27(36)34-18-3-5-22(31)23(32)12-18/h2-7,9,11-12,14,16,19-20,26,35,37H,8,10,13H2,1H3,(H,34,36)/t14-,16?,19?,20?,26+,28+/m0/s1. The number of nitrogens with one attached hydrogen (secondary N) is 1. The first-order valence-electron chi connectivity index (χ1n) is 12.6. The third-order valence-corrected chi connectivity index (χ3v) is 10.9. The van der Waals surface area contributed by atoms with E-state index in [0.717, 1.165) is 36.4 Å². The predicted octanol–water partition coefficient (Wildman–Crippen LogP) is 5.08. The number of anilines is 1. The van der Waals surface area contributed by atoms with Gasteiger partial charge < -0.3 is 15.5 Å². The minimum absolute atomic E-state index is 0.00445. The molecule has 40 heavy (non-hydrogen) atoms. The molecule has 0 spiro atoms. The molecular formula is C28H26ClF3N2O5S. The Balaban J connectivity index is 1.41. The molecule has 7 nitrogen and oxygen atoms in total. The summed E-state index contributed by atoms with van der Waals surface area (Å²) in [6.07, 6.45) is 0.136. The van der Waals surface area contributed by atoms with Crippen LogP contribution in [-0.4, -0.2) is 40.4 Å². The van der Waals surface area contributed by atoms with E-state index in [9.17, 15) is 36.6 Å². The maximum Gasteiger partial charge on any atom is 0.255 e. The van der Waals surface area contributed by atoms with Gasteiger partial charge in [0.2, 0.25) is 0 Å². The van der Waals surface area contributed by atoms with Crippen LogP contribution < -0.4 is 5.32 Å². The fraction of sp³-hybridized carbons (Fsp3) is 0.357. The summed E-state index contributed by atoms with van der Waals surface area (Å²) in [6, 6.07) is 8.69. The van der Waals surface area contributed by atoms with Crippen LogP contribution in [0.1, 0.15) is 48.3 Å². The Morgan fingerprint density at radius 3 is 2.50 bits per heavy atom. The zero-order chi connectivity index (χ0) is 29.0. The largest absolute Gasteiger partial charge is 0.386 e. The average Bonchev–Trinajstić information content (AvgIpc) is 3.02. The number of hydrogen-bond acceptors (Lipinski definition) is 6. The van der Waals surface area contributed by atoms with Gasteiger partial charge in [0.05, 0.1) is 20.9 Å². The van der Waals surface area contributed by atoms with E-state index in [1.807, 2.05) is 6.92 Å². The van der Waals surface area contributed by atoms with Crippen molar-refractivity contribution in [3.63, 3.8) is 0 Å². The van der Waals surface area contributed by atoms with Gasteiger partial charge in [-0.05, 0) is 79.5 Å². The number of rotatable bonds is 6. The Bertz CT molecular complexity index is 1590. The minimum atomic E-state index is -4.12. The highest BCUT2D eigenvalue weighted by molar-refractivity contribution is 7.92. The molecule has 12 heteroatoms. The van der Waals surface area contributed by atoms with Crippen LogP contribution in [0.15, 0.2) is 59.6 Å². The number of sulfone groups is 1. The fourth-order valence-electron chi connectivity index (χ4n) is 6.27. The molecule has 0 radical (unpaired) electrons. The Morgan fingerprint density at radius 2 is 1.82 bits per heavy atom. The highest BCUT2D eigenvalue weighted by Crippen LogP contribution is 2.58. The molecule has 2 aliphatic carbocycles. The number of halogens is 4. The molecule has 3 unspecified atom stereocenters. The Hall–Kier alpha value is -2.99. The maximum absolute atomic E-state index is 13.8. The van der Waals surface area contributed by atoms with Crippen molar-refractivity contribution in [2.24, 2.45) is 17.8 Å². The van der Waals surface area contributed by atoms with Gasteiger partial charge in [-0.3, -0.25) is 9.78 Å². The van der Waals surface area contributed by atoms with Crippen molar-refractivity contribution in [1.82, 2.24) is 4.98 Å². The summed E-state index contributed by atoms with van der Waals surface area (Å²) in [6.45, 7) is 1.87. The van der Waals surface area contributed by atoms with Gasteiger partial charge in [-0.2, -0.15) is 0 Å². The summed E-state index contributed by atoms with van der Waals surface area (Å²) in [7, 11) is -4.12. The zero-order valence-corrected chi connectivity index (χ0v) is 22.8. The molecule has 0 saturated heterocycles. The number of amides is 1. The van der Waals surface area contributed by atoms with Crippen molar-refractivity contribution in [3.8, 4) is 0 Å². The normalized spacial score (nSPS) is 26.9. The van der Waals surface area contributed by atoms with E-state index in [0.29, 0.717) is 6.42 Å². The molecule has 2 aromatic carbocycles. The summed E-state index contributed by atoms with van der Waals surface area (Å²) in [5, 5.41) is 24.1. The molecule has 212 valence electrons. The van der Waals surface area contributed by atoms with Gasteiger partial charge in [0, 0.05) is 23.5 Å². The predicted molar refractivity (Wildman–Crippen MR) is 141 cm³/mol. The van der Waals surface area contributed by atoms with Crippen LogP contribution in [0.25, 0.3) is 0 Å². The van der Waals surface area contributed by atoms with Crippen LogP contribution in [0.5, 0.6) is 0 Å². The van der Waals surface area contributed by atoms with Crippen molar-refractivity contribution in [2.75, 3.05) is 5.32 Å². The number of hydrogen-bond donors (Lipinski definition) is 3. The molecule has 1 aromatic heterocycles. The lowest BCUT2D eigenvalue weighted by atomic mass is 9.69. The topological polar surface area (TPSA) is 117 Å². The highest BCUT2D eigenvalue weighted by Gasteiger charge is 2.62. The van der Waals surface area contributed by atoms with Gasteiger partial charge in [-0.1, -0.05) is 18.5 Å². The summed E-state index contributed by atoms with van der Waals surface area (Å²) in [4.78, 5) is 16.5. The van der Waals surface area contributed by atoms with Crippen LogP contribution in [0, 0.1) is 35.2 Å². The van der Waals surface area contributed by atoms with Gasteiger partial charge in [-0.15, -0.1) is 0 Å². The summed E-state index contributed by atoms with van der Waals surface area (Å²) in [5.41, 5.74) is -1.83. The van der Waals surface area contributed by atoms with E-state index >= 15 is 0 Å². The summed E-state index contributed by atoms with van der Waals surface area (Å²) in [5.74, 6) is -5.01. The van der Waals surface area contributed by atoms with Crippen molar-refractivity contribution in [2.45, 2.75) is 48.0 Å². The van der Waals surface area contributed by atoms with Crippen LogP contribution in [0.2, 0.25) is 5.02 Å². The van der Waals surface area contributed by atoms with Crippen molar-refractivity contribution < 1.29 is 36.6 Å². The van der Waals surface area contributed by atoms with E-state index in [1.165, 1.54) is 18.3 Å². The van der Waals surface area contributed by atoms with Crippen LogP contribution in [0.4, 0.5) is 18.9 Å². The second-order valence-electron chi connectivity index (χ2n) is 10.6. The maximum atomic E-state index is 13.8. The zero-order valence-electron chi connectivity index (χ0n) is 21.2. The minimum Gasteiger partial charge on any atom is -0.386 e. The van der Waals surface area contributed by atoms with Crippen molar-refractivity contribution in [3.05, 3.63) is 88.5 Å². The molecule has 2 saturated carbocycles. The number of carbonyl (C=O) groups is 1. The first-order valence-corrected chi connectivity index (χ1v) is 14.6. The van der Waals surface area contributed by atoms with E-state index in [1.54, 1.807) is 0 Å². The van der Waals surface area contributed by atoms with Gasteiger partial charge in [0.1, 0.15) is 17.5 Å². The number of fused-ring (bicyclic) bond motifs is 2. The van der Waals surface area contributed by atoms with Crippen molar-refractivity contribution in [1.29, 1.82) is 0 Å². The molecule has 2 bridgehead atoms. The van der Waals surface area contributed by atoms with Gasteiger partial charge in [-0.25, -0.2) is 21.6 Å². The highest BCUT2D eigenvalue weighted by atomic mass is 35.5. The second kappa shape index (κ2) is 10.4. The van der Waals surface area contributed by atoms with Crippen LogP contribution in [0.3, 0.4) is 0 Å². The molecule has 2 aliphatic rings. The van der Waals surface area contributed by atoms with E-state index in [4.69, 9.17) is 11.6 Å². The number of benzene rings is 2. The van der Waals surface area contributed by atoms with E-state index in [2.05, 4.69) is 10.3 Å². The third-order valence-electron chi connectivity index (χ3n) is 8.23. The number of aliphatic hydroxyl groups is 2. The Labute approximate surface area is 233 Å². The third kappa shape index (κ3) is 4.89. The molecule has 6 atom stereocenters. The molecule has 0 aliphatic heterocycles. The number of pyridine rings is 1. The first kappa shape index (κ1) is 28.5. The lowest BCUT2D eigenvalue weighted by molar-refractivity contribution is -0.149. The quantitative estimate of drug-likeness (QED) is 0.367. The molecule has 1 amide bonds. The number of aromatic nitrogens is 1. The number of carbonyl (C=O) groups excluding carboxylic acids is 1. The molecule has 2 fully saturated rings.